The van der Waals surface area contributed by atoms with Gasteiger partial charge in [-0.2, -0.15) is 5.26 Å². The fourth-order valence-electron chi connectivity index (χ4n) is 2.99. The van der Waals surface area contributed by atoms with Gasteiger partial charge in [-0.3, -0.25) is 14.2 Å². The zero-order valence-corrected chi connectivity index (χ0v) is 16.3. The molecule has 28 heavy (non-hydrogen) atoms. The number of nitriles is 1. The van der Waals surface area contributed by atoms with E-state index in [1.807, 2.05) is 13.0 Å². The molecule has 0 amide bonds. The zero-order chi connectivity index (χ0) is 21.0. The number of hydrogen-bond acceptors (Lipinski definition) is 5. The first-order valence-corrected chi connectivity index (χ1v) is 9.11. The van der Waals surface area contributed by atoms with Crippen molar-refractivity contribution < 1.29 is 19.0 Å². The molecular weight excluding hydrogens is 363 g/mol. The van der Waals surface area contributed by atoms with Crippen LogP contribution in [-0.2, 0) is 0 Å². The smallest absolute Gasteiger partial charge is 0.271 e. The van der Waals surface area contributed by atoms with Crippen LogP contribution in [-0.4, -0.2) is 21.6 Å². The van der Waals surface area contributed by atoms with Gasteiger partial charge in [-0.1, -0.05) is 26.0 Å². The van der Waals surface area contributed by atoms with Crippen molar-refractivity contribution in [1.29, 1.82) is 5.26 Å². The average Bonchev–Trinajstić information content (AvgIpc) is 2.67. The van der Waals surface area contributed by atoms with Crippen molar-refractivity contribution in [2.24, 2.45) is 0 Å². The van der Waals surface area contributed by atoms with Crippen molar-refractivity contribution in [3.63, 3.8) is 0 Å². The molecule has 0 saturated carbocycles. The molecule has 0 bridgehead atoms. The van der Waals surface area contributed by atoms with Gasteiger partial charge in [-0.25, -0.2) is 4.39 Å². The van der Waals surface area contributed by atoms with Gasteiger partial charge in [0.25, 0.3) is 5.56 Å². The lowest BCUT2D eigenvalue weighted by Gasteiger charge is -2.22. The number of carbonyl (C=O) groups excluding carboxylic acids is 1. The van der Waals surface area contributed by atoms with Crippen molar-refractivity contribution in [2.75, 3.05) is 0 Å². The fourth-order valence-corrected chi connectivity index (χ4v) is 2.99. The lowest BCUT2D eigenvalue weighted by Crippen LogP contribution is -2.33. The van der Waals surface area contributed by atoms with E-state index in [9.17, 15) is 24.3 Å². The van der Waals surface area contributed by atoms with Gasteiger partial charge in [0, 0.05) is 6.04 Å². The molecule has 1 N–H and O–H groups in total. The van der Waals surface area contributed by atoms with Gasteiger partial charge >= 0.3 is 0 Å². The van der Waals surface area contributed by atoms with Crippen LogP contribution in [0, 0.1) is 24.1 Å². The third kappa shape index (κ3) is 3.77. The highest BCUT2D eigenvalue weighted by Gasteiger charge is 2.30. The topological polar surface area (TPSA) is 92.3 Å². The lowest BCUT2D eigenvalue weighted by atomic mass is 9.97. The Morgan fingerprint density at radius 1 is 1.32 bits per heavy atom. The number of rotatable bonds is 7. The Kier molecular flexibility index (Phi) is 6.57. The number of ketones is 1. The summed E-state index contributed by atoms with van der Waals surface area (Å²) in [5, 5.41) is 20.1. The highest BCUT2D eigenvalue weighted by molar-refractivity contribution is 6.03. The first-order valence-electron chi connectivity index (χ1n) is 9.11. The van der Waals surface area contributed by atoms with Crippen molar-refractivity contribution in [2.45, 2.75) is 52.7 Å². The van der Waals surface area contributed by atoms with E-state index < -0.39 is 35.2 Å². The first kappa shape index (κ1) is 21.2. The summed E-state index contributed by atoms with van der Waals surface area (Å²) in [6.45, 7) is 6.65. The molecule has 1 aromatic heterocycles. The third-order valence-electron chi connectivity index (χ3n) is 4.79. The number of hydrogen-bond donors (Lipinski definition) is 1. The van der Waals surface area contributed by atoms with Gasteiger partial charge in [0.2, 0.25) is 11.7 Å². The van der Waals surface area contributed by atoms with Crippen molar-refractivity contribution in [3.8, 4) is 17.7 Å². The van der Waals surface area contributed by atoms with Crippen LogP contribution in [0.5, 0.6) is 11.6 Å². The van der Waals surface area contributed by atoms with Crippen LogP contribution in [0.15, 0.2) is 29.1 Å². The van der Waals surface area contributed by atoms with Crippen molar-refractivity contribution in [1.82, 2.24) is 4.57 Å². The predicted octanol–water partition coefficient (Wildman–Crippen LogP) is 3.88. The van der Waals surface area contributed by atoms with E-state index in [-0.39, 0.29) is 28.9 Å². The van der Waals surface area contributed by atoms with Gasteiger partial charge in [-0.05, 0) is 44.4 Å². The minimum absolute atomic E-state index is 0.0874. The number of nitrogens with zero attached hydrogens (tertiary/aromatic N) is 2. The summed E-state index contributed by atoms with van der Waals surface area (Å²) in [6, 6.07) is 7.10. The summed E-state index contributed by atoms with van der Waals surface area (Å²) in [7, 11) is 0. The summed E-state index contributed by atoms with van der Waals surface area (Å²) >= 11 is 0. The molecule has 0 spiro atoms. The van der Waals surface area contributed by atoms with Crippen LogP contribution in [0.2, 0.25) is 0 Å². The van der Waals surface area contributed by atoms with Gasteiger partial charge in [0.05, 0.1) is 5.56 Å². The Balaban J connectivity index is 2.62. The van der Waals surface area contributed by atoms with E-state index in [2.05, 4.69) is 0 Å². The number of carbonyl (C=O) groups is 1. The number of aromatic hydroxyl groups is 1. The SMILES string of the molecule is CCC(Oc1ccccc1F)C(=O)c1c(C)c(C#N)c(=O)n(C(C)CC)c1O. The van der Waals surface area contributed by atoms with Crippen LogP contribution in [0.25, 0.3) is 0 Å². The Bertz CT molecular complexity index is 991. The van der Waals surface area contributed by atoms with Crippen molar-refractivity contribution in [3.05, 3.63) is 57.1 Å². The maximum absolute atomic E-state index is 13.9. The van der Waals surface area contributed by atoms with Gasteiger partial charge in [-0.15, -0.1) is 0 Å². The van der Waals surface area contributed by atoms with Gasteiger partial charge in [0.15, 0.2) is 17.7 Å². The molecule has 2 unspecified atom stereocenters. The molecule has 0 radical (unpaired) electrons. The molecule has 6 nitrogen and oxygen atoms in total. The molecule has 1 heterocycles. The van der Waals surface area contributed by atoms with Gasteiger partial charge in [0.1, 0.15) is 11.6 Å². The van der Waals surface area contributed by atoms with E-state index in [1.54, 1.807) is 19.9 Å². The Labute approximate surface area is 162 Å². The monoisotopic (exact) mass is 386 g/mol. The summed E-state index contributed by atoms with van der Waals surface area (Å²) in [5.41, 5.74) is -0.918. The summed E-state index contributed by atoms with van der Waals surface area (Å²) in [4.78, 5) is 25.7. The van der Waals surface area contributed by atoms with Crippen LogP contribution < -0.4 is 10.3 Å². The Morgan fingerprint density at radius 3 is 2.50 bits per heavy atom. The average molecular weight is 386 g/mol. The van der Waals surface area contributed by atoms with Crippen molar-refractivity contribution >= 4 is 5.78 Å². The zero-order valence-electron chi connectivity index (χ0n) is 16.3. The van der Waals surface area contributed by atoms with E-state index in [0.29, 0.717) is 6.42 Å². The van der Waals surface area contributed by atoms with Crippen LogP contribution in [0.3, 0.4) is 0 Å². The third-order valence-corrected chi connectivity index (χ3v) is 4.79. The highest BCUT2D eigenvalue weighted by atomic mass is 19.1. The summed E-state index contributed by atoms with van der Waals surface area (Å²) < 4.78 is 20.5. The maximum Gasteiger partial charge on any atom is 0.271 e. The normalized spacial score (nSPS) is 12.9. The molecule has 2 aromatic rings. The number of para-hydroxylation sites is 1. The standard InChI is InChI=1S/C21H23FN2O4/c1-5-12(3)24-20(26)14(11-23)13(4)18(21(24)27)19(25)16(6-2)28-17-10-8-7-9-15(17)22/h7-10,12,16,27H,5-6H2,1-4H3. The number of ether oxygens (including phenoxy) is 1. The van der Waals surface area contributed by atoms with Gasteiger partial charge < -0.3 is 9.84 Å². The predicted molar refractivity (Wildman–Crippen MR) is 102 cm³/mol. The molecule has 2 rings (SSSR count). The second-order valence-corrected chi connectivity index (χ2v) is 6.55. The molecule has 0 aliphatic carbocycles. The summed E-state index contributed by atoms with van der Waals surface area (Å²) in [6.07, 6.45) is -0.370. The highest BCUT2D eigenvalue weighted by Crippen LogP contribution is 2.29. The number of aromatic nitrogens is 1. The van der Waals surface area contributed by atoms with E-state index in [1.165, 1.54) is 25.1 Å². The Morgan fingerprint density at radius 2 is 1.96 bits per heavy atom. The van der Waals surface area contributed by atoms with E-state index in [4.69, 9.17) is 4.74 Å². The van der Waals surface area contributed by atoms with E-state index >= 15 is 0 Å². The number of halogens is 1. The maximum atomic E-state index is 13.9. The minimum Gasteiger partial charge on any atom is -0.494 e. The van der Waals surface area contributed by atoms with Crippen LogP contribution in [0.4, 0.5) is 4.39 Å². The molecule has 1 aromatic carbocycles. The van der Waals surface area contributed by atoms with Crippen LogP contribution >= 0.6 is 0 Å². The molecule has 0 fully saturated rings. The molecule has 2 atom stereocenters. The largest absolute Gasteiger partial charge is 0.494 e. The molecule has 148 valence electrons. The first-order chi connectivity index (χ1) is 13.3. The molecule has 0 saturated heterocycles. The second-order valence-electron chi connectivity index (χ2n) is 6.55. The minimum atomic E-state index is -1.09. The summed E-state index contributed by atoms with van der Waals surface area (Å²) in [5.74, 6) is -1.82. The lowest BCUT2D eigenvalue weighted by molar-refractivity contribution is 0.0774. The molecular formula is C21H23FN2O4. The number of pyridine rings is 1. The Hall–Kier alpha value is -3.14. The number of benzene rings is 1. The van der Waals surface area contributed by atoms with E-state index in [0.717, 1.165) is 4.57 Å². The second kappa shape index (κ2) is 8.70. The van der Waals surface area contributed by atoms with Crippen LogP contribution in [0.1, 0.15) is 61.1 Å². The molecule has 0 aliphatic rings. The quantitative estimate of drug-likeness (QED) is 0.729. The molecule has 0 aliphatic heterocycles. The fraction of sp³-hybridized carbons (Fsp3) is 0.381. The molecule has 7 heteroatoms. The number of Topliss-reactive ketones (excluding diaryl/α,β-unsaturated/α-hetero) is 1.